The molecule has 0 spiro atoms. The highest BCUT2D eigenvalue weighted by Crippen LogP contribution is 2.26. The lowest BCUT2D eigenvalue weighted by Gasteiger charge is -2.10. The maximum atomic E-state index is 12.2. The first kappa shape index (κ1) is 12.7. The predicted octanol–water partition coefficient (Wildman–Crippen LogP) is 2.95. The highest BCUT2D eigenvalue weighted by Gasteiger charge is 2.39. The third-order valence-corrected chi connectivity index (χ3v) is 2.16. The number of hydrogen-bond acceptors (Lipinski definition) is 2. The first-order valence-electron chi connectivity index (χ1n) is 3.68. The second-order valence-corrected chi connectivity index (χ2v) is 3.76. The predicted molar refractivity (Wildman–Crippen MR) is 43.3 cm³/mol. The van der Waals surface area contributed by atoms with Crippen molar-refractivity contribution in [2.24, 2.45) is 0 Å². The van der Waals surface area contributed by atoms with E-state index in [9.17, 15) is 22.4 Å². The monoisotopic (exact) mass is 218 g/mol. The first-order chi connectivity index (χ1) is 5.84. The topological polar surface area (TPSA) is 17.1 Å². The van der Waals surface area contributed by atoms with Gasteiger partial charge in [-0.05, 0) is 12.8 Å². The van der Waals surface area contributed by atoms with E-state index in [-0.39, 0.29) is 17.3 Å². The molecule has 0 aliphatic carbocycles. The zero-order valence-electron chi connectivity index (χ0n) is 7.03. The first-order valence-corrected chi connectivity index (χ1v) is 4.66. The summed E-state index contributed by atoms with van der Waals surface area (Å²) in [5.41, 5.74) is 0. The highest BCUT2D eigenvalue weighted by molar-refractivity contribution is 8.13. The van der Waals surface area contributed by atoms with Crippen LogP contribution in [0.2, 0.25) is 0 Å². The Morgan fingerprint density at radius 1 is 1.46 bits per heavy atom. The number of carbonyl (C=O) groups excluding carboxylic acids is 1. The molecule has 1 unspecified atom stereocenters. The summed E-state index contributed by atoms with van der Waals surface area (Å²) in [5, 5.41) is -0.164. The molecule has 0 heterocycles. The summed E-state index contributed by atoms with van der Waals surface area (Å²) in [6.07, 6.45) is -8.03. The lowest BCUT2D eigenvalue weighted by Crippen LogP contribution is -2.24. The van der Waals surface area contributed by atoms with Crippen molar-refractivity contribution in [2.75, 3.05) is 5.75 Å². The fourth-order valence-corrected chi connectivity index (χ4v) is 1.24. The van der Waals surface area contributed by atoms with Crippen molar-refractivity contribution < 1.29 is 22.4 Å². The summed E-state index contributed by atoms with van der Waals surface area (Å²) in [4.78, 5) is 10.3. The zero-order valence-corrected chi connectivity index (χ0v) is 7.84. The molecule has 1 atom stereocenters. The largest absolute Gasteiger partial charge is 0.419 e. The summed E-state index contributed by atoms with van der Waals surface area (Å²) in [5.74, 6) is 0.242. The van der Waals surface area contributed by atoms with E-state index in [1.165, 1.54) is 6.92 Å². The molecule has 1 nitrogen and oxygen atoms in total. The minimum Gasteiger partial charge on any atom is -0.288 e. The van der Waals surface area contributed by atoms with Gasteiger partial charge >= 0.3 is 6.18 Å². The number of thioether (sulfide) groups is 1. The quantitative estimate of drug-likeness (QED) is 0.533. The van der Waals surface area contributed by atoms with Crippen LogP contribution in [-0.2, 0) is 4.79 Å². The molecule has 78 valence electrons. The number of hydrogen-bond donors (Lipinski definition) is 0. The molecule has 0 radical (unpaired) electrons. The fourth-order valence-electron chi connectivity index (χ4n) is 0.642. The molecule has 0 saturated carbocycles. The van der Waals surface area contributed by atoms with Gasteiger partial charge < -0.3 is 0 Å². The lowest BCUT2D eigenvalue weighted by molar-refractivity contribution is -0.181. The van der Waals surface area contributed by atoms with Gasteiger partial charge in [-0.2, -0.15) is 13.2 Å². The molecule has 0 aromatic carbocycles. The van der Waals surface area contributed by atoms with Crippen LogP contribution < -0.4 is 0 Å². The number of alkyl halides is 4. The van der Waals surface area contributed by atoms with Crippen LogP contribution in [0.25, 0.3) is 0 Å². The maximum Gasteiger partial charge on any atom is 0.419 e. The van der Waals surface area contributed by atoms with E-state index in [0.717, 1.165) is 11.8 Å². The highest BCUT2D eigenvalue weighted by atomic mass is 32.2. The molecule has 0 aromatic rings. The van der Waals surface area contributed by atoms with Crippen molar-refractivity contribution in [3.05, 3.63) is 0 Å². The third-order valence-electron chi connectivity index (χ3n) is 1.26. The molecule has 0 rings (SSSR count). The molecule has 0 aliphatic heterocycles. The average molecular weight is 218 g/mol. The molecule has 0 N–H and O–H groups in total. The zero-order chi connectivity index (χ0) is 10.5. The smallest absolute Gasteiger partial charge is 0.288 e. The summed E-state index contributed by atoms with van der Waals surface area (Å²) in [6, 6.07) is 0. The van der Waals surface area contributed by atoms with Gasteiger partial charge in [0.15, 0.2) is 11.3 Å². The van der Waals surface area contributed by atoms with E-state index in [1.807, 2.05) is 0 Å². The average Bonchev–Trinajstić information content (AvgIpc) is 1.95. The number of halogens is 4. The number of carbonyl (C=O) groups is 1. The van der Waals surface area contributed by atoms with Crippen LogP contribution >= 0.6 is 11.8 Å². The van der Waals surface area contributed by atoms with Crippen LogP contribution in [0.15, 0.2) is 0 Å². The van der Waals surface area contributed by atoms with E-state index in [2.05, 4.69) is 0 Å². The molecule has 13 heavy (non-hydrogen) atoms. The molecule has 0 bridgehead atoms. The number of rotatable bonds is 4. The molecule has 0 amide bonds. The van der Waals surface area contributed by atoms with Gasteiger partial charge in [0.1, 0.15) is 0 Å². The Bertz CT molecular complexity index is 168. The van der Waals surface area contributed by atoms with Crippen LogP contribution in [0.4, 0.5) is 17.6 Å². The Hall–Kier alpha value is -0.260. The van der Waals surface area contributed by atoms with Crippen molar-refractivity contribution in [3.63, 3.8) is 0 Å². The van der Waals surface area contributed by atoms with Gasteiger partial charge in [-0.15, -0.1) is 0 Å². The van der Waals surface area contributed by atoms with E-state index in [1.54, 1.807) is 0 Å². The molecule has 6 heteroatoms. The fraction of sp³-hybridized carbons (Fsp3) is 0.857. The van der Waals surface area contributed by atoms with Crippen molar-refractivity contribution in [2.45, 2.75) is 32.1 Å². The molecule has 0 aromatic heterocycles. The minimum atomic E-state index is -4.76. The van der Waals surface area contributed by atoms with Crippen molar-refractivity contribution in [3.8, 4) is 0 Å². The molecular formula is C7H10F4OS. The van der Waals surface area contributed by atoms with Gasteiger partial charge in [0.25, 0.3) is 0 Å². The van der Waals surface area contributed by atoms with Crippen LogP contribution in [0, 0.1) is 0 Å². The van der Waals surface area contributed by atoms with Crippen LogP contribution in [-0.4, -0.2) is 23.2 Å². The van der Waals surface area contributed by atoms with E-state index in [4.69, 9.17) is 0 Å². The minimum absolute atomic E-state index is 0.0604. The SMILES string of the molecule is CC(=O)SCCCC(F)C(F)(F)F. The molecular weight excluding hydrogens is 208 g/mol. The Morgan fingerprint density at radius 3 is 2.38 bits per heavy atom. The Balaban J connectivity index is 3.49. The molecule has 0 fully saturated rings. The van der Waals surface area contributed by atoms with E-state index in [0.29, 0.717) is 0 Å². The van der Waals surface area contributed by atoms with Gasteiger partial charge in [0.05, 0.1) is 0 Å². The molecule has 0 saturated heterocycles. The summed E-state index contributed by atoms with van der Waals surface area (Å²) in [6.45, 7) is 1.32. The van der Waals surface area contributed by atoms with Crippen LogP contribution in [0.1, 0.15) is 19.8 Å². The second kappa shape index (κ2) is 5.47. The van der Waals surface area contributed by atoms with Gasteiger partial charge in [-0.25, -0.2) is 4.39 Å². The lowest BCUT2D eigenvalue weighted by atomic mass is 10.2. The third kappa shape index (κ3) is 6.86. The van der Waals surface area contributed by atoms with Crippen molar-refractivity contribution in [1.29, 1.82) is 0 Å². The second-order valence-electron chi connectivity index (χ2n) is 2.49. The summed E-state index contributed by atoms with van der Waals surface area (Å²) in [7, 11) is 0. The van der Waals surface area contributed by atoms with Crippen LogP contribution in [0.5, 0.6) is 0 Å². The van der Waals surface area contributed by atoms with Gasteiger partial charge in [0, 0.05) is 12.7 Å². The summed E-state index contributed by atoms with van der Waals surface area (Å²) >= 11 is 0.911. The van der Waals surface area contributed by atoms with Crippen molar-refractivity contribution in [1.82, 2.24) is 0 Å². The molecule has 0 aliphatic rings. The Labute approximate surface area is 77.9 Å². The van der Waals surface area contributed by atoms with Crippen LogP contribution in [0.3, 0.4) is 0 Å². The Morgan fingerprint density at radius 2 is 2.00 bits per heavy atom. The maximum absolute atomic E-state index is 12.2. The van der Waals surface area contributed by atoms with Gasteiger partial charge in [-0.3, -0.25) is 4.79 Å². The van der Waals surface area contributed by atoms with Gasteiger partial charge in [0.2, 0.25) is 0 Å². The van der Waals surface area contributed by atoms with E-state index >= 15 is 0 Å². The van der Waals surface area contributed by atoms with E-state index < -0.39 is 18.8 Å². The van der Waals surface area contributed by atoms with Crippen molar-refractivity contribution >= 4 is 16.9 Å². The van der Waals surface area contributed by atoms with Gasteiger partial charge in [-0.1, -0.05) is 11.8 Å². The Kier molecular flexibility index (Phi) is 5.36. The summed E-state index contributed by atoms with van der Waals surface area (Å²) < 4.78 is 47.0. The normalized spacial score (nSPS) is 14.2. The standard InChI is InChI=1S/C7H10F4OS/c1-5(12)13-4-2-3-6(8)7(9,10)11/h6H,2-4H2,1H3.